The number of alkyl halides is 4. The van der Waals surface area contributed by atoms with Gasteiger partial charge in [0.1, 0.15) is 12.1 Å². The van der Waals surface area contributed by atoms with E-state index < -0.39 is 18.9 Å². The molecular formula is C16H18F4N4. The van der Waals surface area contributed by atoms with E-state index >= 15 is 0 Å². The summed E-state index contributed by atoms with van der Waals surface area (Å²) in [5.74, 6) is -3.22. The Morgan fingerprint density at radius 2 is 1.83 bits per heavy atom. The number of rotatable bonds is 4. The molecule has 1 aromatic heterocycles. The van der Waals surface area contributed by atoms with Crippen LogP contribution in [0.3, 0.4) is 0 Å². The van der Waals surface area contributed by atoms with Crippen LogP contribution in [0, 0.1) is 6.92 Å². The van der Waals surface area contributed by atoms with Crippen molar-refractivity contribution in [2.24, 2.45) is 0 Å². The molecule has 130 valence electrons. The summed E-state index contributed by atoms with van der Waals surface area (Å²) < 4.78 is 51.0. The number of para-hydroxylation sites is 1. The fourth-order valence-electron chi connectivity index (χ4n) is 2.96. The molecule has 24 heavy (non-hydrogen) atoms. The monoisotopic (exact) mass is 342 g/mol. The maximum absolute atomic E-state index is 13.2. The Hall–Kier alpha value is -1.96. The summed E-state index contributed by atoms with van der Waals surface area (Å²) in [6, 6.07) is 5.81. The van der Waals surface area contributed by atoms with Gasteiger partial charge in [0.15, 0.2) is 0 Å². The summed E-state index contributed by atoms with van der Waals surface area (Å²) in [5, 5.41) is 0.906. The molecule has 3 rings (SSSR count). The molecule has 0 saturated carbocycles. The van der Waals surface area contributed by atoms with Crippen molar-refractivity contribution >= 4 is 16.7 Å². The van der Waals surface area contributed by atoms with Crippen molar-refractivity contribution in [3.63, 3.8) is 0 Å². The van der Waals surface area contributed by atoms with Gasteiger partial charge >= 0.3 is 12.3 Å². The number of aromatic nitrogens is 2. The van der Waals surface area contributed by atoms with Crippen LogP contribution in [0.25, 0.3) is 10.9 Å². The van der Waals surface area contributed by atoms with Gasteiger partial charge in [0.25, 0.3) is 0 Å². The lowest BCUT2D eigenvalue weighted by atomic mass is 10.1. The normalized spacial score (nSPS) is 17.0. The SMILES string of the molecule is Cc1cccc2c(N3CCN(CC(F)(F)C(F)F)CC3)ncnc12. The number of benzene rings is 1. The standard InChI is InChI=1S/C16H18F4N4/c1-11-3-2-4-12-13(11)21-10-22-14(12)24-7-5-23(6-8-24)9-16(19,20)15(17)18/h2-4,10,15H,5-9H2,1H3. The molecule has 1 aliphatic heterocycles. The van der Waals surface area contributed by atoms with Crippen LogP contribution in [-0.2, 0) is 0 Å². The Kier molecular flexibility index (Phi) is 4.58. The van der Waals surface area contributed by atoms with Crippen molar-refractivity contribution in [2.75, 3.05) is 37.6 Å². The number of anilines is 1. The highest BCUT2D eigenvalue weighted by molar-refractivity contribution is 5.91. The number of aryl methyl sites for hydroxylation is 1. The topological polar surface area (TPSA) is 32.3 Å². The minimum Gasteiger partial charge on any atom is -0.353 e. The minimum atomic E-state index is -3.97. The predicted octanol–water partition coefficient (Wildman–Crippen LogP) is 2.96. The van der Waals surface area contributed by atoms with Gasteiger partial charge in [0.2, 0.25) is 0 Å². The molecule has 0 unspecified atom stereocenters. The summed E-state index contributed by atoms with van der Waals surface area (Å²) in [5.41, 5.74) is 1.89. The molecule has 8 heteroatoms. The third-order valence-electron chi connectivity index (χ3n) is 4.27. The molecule has 4 nitrogen and oxygen atoms in total. The number of piperazine rings is 1. The number of hydrogen-bond acceptors (Lipinski definition) is 4. The zero-order valence-electron chi connectivity index (χ0n) is 13.2. The third-order valence-corrected chi connectivity index (χ3v) is 4.27. The van der Waals surface area contributed by atoms with Crippen molar-refractivity contribution in [1.29, 1.82) is 0 Å². The first kappa shape index (κ1) is 16.9. The zero-order valence-corrected chi connectivity index (χ0v) is 13.2. The molecule has 0 N–H and O–H groups in total. The molecule has 1 aromatic carbocycles. The number of halogens is 4. The van der Waals surface area contributed by atoms with Gasteiger partial charge in [-0.3, -0.25) is 4.90 Å². The molecule has 0 bridgehead atoms. The van der Waals surface area contributed by atoms with E-state index in [1.54, 1.807) is 0 Å². The fourth-order valence-corrected chi connectivity index (χ4v) is 2.96. The second-order valence-corrected chi connectivity index (χ2v) is 5.99. The average Bonchev–Trinajstić information content (AvgIpc) is 2.55. The van der Waals surface area contributed by atoms with Gasteiger partial charge < -0.3 is 4.90 Å². The van der Waals surface area contributed by atoms with E-state index in [0.29, 0.717) is 26.2 Å². The van der Waals surface area contributed by atoms with E-state index in [-0.39, 0.29) is 0 Å². The first-order valence-electron chi connectivity index (χ1n) is 7.72. The average molecular weight is 342 g/mol. The summed E-state index contributed by atoms with van der Waals surface area (Å²) in [4.78, 5) is 12.0. The van der Waals surface area contributed by atoms with Gasteiger partial charge in [0.05, 0.1) is 12.1 Å². The molecule has 0 aliphatic carbocycles. The van der Waals surface area contributed by atoms with Crippen molar-refractivity contribution in [3.05, 3.63) is 30.1 Å². The second-order valence-electron chi connectivity index (χ2n) is 5.99. The molecule has 0 radical (unpaired) electrons. The Morgan fingerprint density at radius 1 is 1.12 bits per heavy atom. The first-order valence-corrected chi connectivity index (χ1v) is 7.72. The summed E-state index contributed by atoms with van der Waals surface area (Å²) >= 11 is 0. The Labute approximate surface area is 137 Å². The Balaban J connectivity index is 1.73. The highest BCUT2D eigenvalue weighted by atomic mass is 19.3. The van der Waals surface area contributed by atoms with E-state index in [1.165, 1.54) is 11.2 Å². The van der Waals surface area contributed by atoms with E-state index in [9.17, 15) is 17.6 Å². The largest absolute Gasteiger partial charge is 0.353 e. The fraction of sp³-hybridized carbons (Fsp3) is 0.500. The first-order chi connectivity index (χ1) is 11.4. The molecule has 2 heterocycles. The summed E-state index contributed by atoms with van der Waals surface area (Å²) in [7, 11) is 0. The lowest BCUT2D eigenvalue weighted by Crippen LogP contribution is -2.51. The zero-order chi connectivity index (χ0) is 17.3. The summed E-state index contributed by atoms with van der Waals surface area (Å²) in [6.45, 7) is 2.55. The molecule has 1 saturated heterocycles. The molecular weight excluding hydrogens is 324 g/mol. The maximum Gasteiger partial charge on any atom is 0.319 e. The van der Waals surface area contributed by atoms with Gasteiger partial charge in [-0.1, -0.05) is 12.1 Å². The predicted molar refractivity (Wildman–Crippen MR) is 83.9 cm³/mol. The summed E-state index contributed by atoms with van der Waals surface area (Å²) in [6.07, 6.45) is -2.15. The van der Waals surface area contributed by atoms with Crippen LogP contribution >= 0.6 is 0 Å². The maximum atomic E-state index is 13.2. The highest BCUT2D eigenvalue weighted by Crippen LogP contribution is 2.27. The molecule has 0 amide bonds. The van der Waals surface area contributed by atoms with Crippen molar-refractivity contribution < 1.29 is 17.6 Å². The highest BCUT2D eigenvalue weighted by Gasteiger charge is 2.42. The molecule has 1 aliphatic rings. The number of nitrogens with zero attached hydrogens (tertiary/aromatic N) is 4. The molecule has 2 aromatic rings. The van der Waals surface area contributed by atoms with E-state index in [4.69, 9.17) is 0 Å². The molecule has 0 spiro atoms. The van der Waals surface area contributed by atoms with Crippen LogP contribution in [0.4, 0.5) is 23.4 Å². The van der Waals surface area contributed by atoms with Gasteiger partial charge in [-0.15, -0.1) is 0 Å². The smallest absolute Gasteiger partial charge is 0.319 e. The van der Waals surface area contributed by atoms with Gasteiger partial charge in [0, 0.05) is 31.6 Å². The van der Waals surface area contributed by atoms with Gasteiger partial charge in [-0.2, -0.15) is 8.78 Å². The Morgan fingerprint density at radius 3 is 2.50 bits per heavy atom. The van der Waals surface area contributed by atoms with E-state index in [0.717, 1.165) is 22.3 Å². The number of fused-ring (bicyclic) bond motifs is 1. The van der Waals surface area contributed by atoms with Crippen LogP contribution in [-0.4, -0.2) is 59.9 Å². The van der Waals surface area contributed by atoms with Crippen LogP contribution in [0.5, 0.6) is 0 Å². The van der Waals surface area contributed by atoms with Crippen molar-refractivity contribution in [3.8, 4) is 0 Å². The second kappa shape index (κ2) is 6.51. The van der Waals surface area contributed by atoms with Gasteiger partial charge in [-0.25, -0.2) is 18.7 Å². The van der Waals surface area contributed by atoms with E-state index in [1.807, 2.05) is 30.0 Å². The van der Waals surface area contributed by atoms with E-state index in [2.05, 4.69) is 9.97 Å². The van der Waals surface area contributed by atoms with Crippen LogP contribution < -0.4 is 4.90 Å². The lowest BCUT2D eigenvalue weighted by molar-refractivity contribution is -0.142. The molecule has 1 fully saturated rings. The van der Waals surface area contributed by atoms with Crippen LogP contribution in [0.1, 0.15) is 5.56 Å². The Bertz CT molecular complexity index is 714. The van der Waals surface area contributed by atoms with Crippen molar-refractivity contribution in [2.45, 2.75) is 19.3 Å². The quantitative estimate of drug-likeness (QED) is 0.800. The molecule has 0 atom stereocenters. The minimum absolute atomic E-state index is 0.291. The van der Waals surface area contributed by atoms with Crippen LogP contribution in [0.15, 0.2) is 24.5 Å². The van der Waals surface area contributed by atoms with Crippen LogP contribution in [0.2, 0.25) is 0 Å². The number of hydrogen-bond donors (Lipinski definition) is 0. The van der Waals surface area contributed by atoms with Gasteiger partial charge in [-0.05, 0) is 18.6 Å². The van der Waals surface area contributed by atoms with Crippen molar-refractivity contribution in [1.82, 2.24) is 14.9 Å². The third kappa shape index (κ3) is 3.28. The lowest BCUT2D eigenvalue weighted by Gasteiger charge is -2.37.